The molecule has 0 unspecified atom stereocenters. The standard InChI is InChI=1S/C24H22FN3OS/c1-16-4-12-21(13-5-16)28-23(19-8-14-22(29-3)15-9-19)26-27-24(28)30-17(2)18-6-10-20(25)11-7-18/h4-15,17H,1-3H3/t17-/m0/s1. The molecule has 30 heavy (non-hydrogen) atoms. The van der Waals surface area contributed by atoms with Crippen LogP contribution in [0.3, 0.4) is 0 Å². The van der Waals surface area contributed by atoms with Crippen LogP contribution in [0.25, 0.3) is 17.1 Å². The molecule has 1 aromatic heterocycles. The van der Waals surface area contributed by atoms with E-state index in [-0.39, 0.29) is 11.1 Å². The minimum absolute atomic E-state index is 0.0858. The topological polar surface area (TPSA) is 39.9 Å². The third-order valence-corrected chi connectivity index (χ3v) is 6.00. The van der Waals surface area contributed by atoms with Crippen molar-refractivity contribution in [3.05, 3.63) is 89.7 Å². The molecule has 0 fully saturated rings. The summed E-state index contributed by atoms with van der Waals surface area (Å²) in [6.45, 7) is 4.14. The van der Waals surface area contributed by atoms with Crippen LogP contribution < -0.4 is 4.74 Å². The summed E-state index contributed by atoms with van der Waals surface area (Å²) in [6, 6.07) is 22.7. The van der Waals surface area contributed by atoms with Gasteiger partial charge in [-0.15, -0.1) is 10.2 Å². The van der Waals surface area contributed by atoms with Gasteiger partial charge in [-0.05, 0) is 67.9 Å². The van der Waals surface area contributed by atoms with E-state index in [4.69, 9.17) is 4.74 Å². The zero-order valence-corrected chi connectivity index (χ0v) is 17.9. The van der Waals surface area contributed by atoms with Gasteiger partial charge >= 0.3 is 0 Å². The quantitative estimate of drug-likeness (QED) is 0.347. The average Bonchev–Trinajstić information content (AvgIpc) is 3.18. The molecule has 0 aliphatic heterocycles. The Morgan fingerprint density at radius 3 is 2.20 bits per heavy atom. The Kier molecular flexibility index (Phi) is 5.86. The molecule has 0 N–H and O–H groups in total. The van der Waals surface area contributed by atoms with Crippen molar-refractivity contribution in [2.24, 2.45) is 0 Å². The Hall–Kier alpha value is -3.12. The van der Waals surface area contributed by atoms with Crippen molar-refractivity contribution in [3.63, 3.8) is 0 Å². The molecule has 4 aromatic rings. The fourth-order valence-corrected chi connectivity index (χ4v) is 4.15. The first-order valence-corrected chi connectivity index (χ1v) is 10.5. The third kappa shape index (κ3) is 4.24. The highest BCUT2D eigenvalue weighted by atomic mass is 32.2. The van der Waals surface area contributed by atoms with Gasteiger partial charge in [0.05, 0.1) is 7.11 Å². The van der Waals surface area contributed by atoms with Gasteiger partial charge in [0.25, 0.3) is 0 Å². The Morgan fingerprint density at radius 1 is 0.900 bits per heavy atom. The Bertz CT molecular complexity index is 1120. The number of aryl methyl sites for hydroxylation is 1. The molecule has 4 rings (SSSR count). The number of rotatable bonds is 6. The fourth-order valence-electron chi connectivity index (χ4n) is 3.16. The summed E-state index contributed by atoms with van der Waals surface area (Å²) < 4.78 is 20.6. The smallest absolute Gasteiger partial charge is 0.196 e. The van der Waals surface area contributed by atoms with E-state index in [9.17, 15) is 4.39 Å². The van der Waals surface area contributed by atoms with Crippen LogP contribution in [0.15, 0.2) is 78.0 Å². The average molecular weight is 420 g/mol. The van der Waals surface area contributed by atoms with E-state index in [1.807, 2.05) is 36.4 Å². The second-order valence-corrected chi connectivity index (χ2v) is 8.33. The normalized spacial score (nSPS) is 12.0. The SMILES string of the molecule is COc1ccc(-c2nnc(S[C@@H](C)c3ccc(F)cc3)n2-c2ccc(C)cc2)cc1. The van der Waals surface area contributed by atoms with Gasteiger partial charge in [0.15, 0.2) is 11.0 Å². The summed E-state index contributed by atoms with van der Waals surface area (Å²) in [5, 5.41) is 9.85. The first kappa shape index (κ1) is 20.2. The van der Waals surface area contributed by atoms with Crippen molar-refractivity contribution in [1.29, 1.82) is 0 Å². The maximum atomic E-state index is 13.3. The van der Waals surface area contributed by atoms with E-state index < -0.39 is 0 Å². The van der Waals surface area contributed by atoms with Crippen LogP contribution in [0, 0.1) is 12.7 Å². The van der Waals surface area contributed by atoms with Crippen LogP contribution in [0.2, 0.25) is 0 Å². The minimum Gasteiger partial charge on any atom is -0.497 e. The lowest BCUT2D eigenvalue weighted by molar-refractivity contribution is 0.415. The van der Waals surface area contributed by atoms with Gasteiger partial charge in [-0.2, -0.15) is 0 Å². The molecular weight excluding hydrogens is 397 g/mol. The number of hydrogen-bond donors (Lipinski definition) is 0. The van der Waals surface area contributed by atoms with Crippen molar-refractivity contribution in [1.82, 2.24) is 14.8 Å². The van der Waals surface area contributed by atoms with Crippen molar-refractivity contribution in [2.75, 3.05) is 7.11 Å². The van der Waals surface area contributed by atoms with Crippen LogP contribution in [0.4, 0.5) is 4.39 Å². The Balaban J connectivity index is 1.75. The van der Waals surface area contributed by atoms with Gasteiger partial charge in [0.1, 0.15) is 11.6 Å². The lowest BCUT2D eigenvalue weighted by Crippen LogP contribution is -2.01. The van der Waals surface area contributed by atoms with Crippen LogP contribution in [0.5, 0.6) is 5.75 Å². The number of nitrogens with zero attached hydrogens (tertiary/aromatic N) is 3. The molecule has 0 aliphatic carbocycles. The van der Waals surface area contributed by atoms with Crippen molar-refractivity contribution in [3.8, 4) is 22.8 Å². The van der Waals surface area contributed by atoms with E-state index in [0.29, 0.717) is 0 Å². The molecule has 1 atom stereocenters. The number of hydrogen-bond acceptors (Lipinski definition) is 4. The predicted octanol–water partition coefficient (Wildman–Crippen LogP) is 6.24. The summed E-state index contributed by atoms with van der Waals surface area (Å²) in [7, 11) is 1.65. The van der Waals surface area contributed by atoms with Crippen LogP contribution >= 0.6 is 11.8 Å². The van der Waals surface area contributed by atoms with Gasteiger partial charge in [-0.3, -0.25) is 4.57 Å². The van der Waals surface area contributed by atoms with E-state index in [0.717, 1.165) is 33.5 Å². The number of thioether (sulfide) groups is 1. The molecule has 3 aromatic carbocycles. The fraction of sp³-hybridized carbons (Fsp3) is 0.167. The minimum atomic E-state index is -0.236. The summed E-state index contributed by atoms with van der Waals surface area (Å²) >= 11 is 1.59. The number of aromatic nitrogens is 3. The van der Waals surface area contributed by atoms with E-state index in [1.165, 1.54) is 17.7 Å². The summed E-state index contributed by atoms with van der Waals surface area (Å²) in [4.78, 5) is 0. The maximum Gasteiger partial charge on any atom is 0.196 e. The van der Waals surface area contributed by atoms with Gasteiger partial charge in [0.2, 0.25) is 0 Å². The molecular formula is C24H22FN3OS. The largest absolute Gasteiger partial charge is 0.497 e. The molecule has 0 radical (unpaired) electrons. The maximum absolute atomic E-state index is 13.3. The second kappa shape index (κ2) is 8.71. The van der Waals surface area contributed by atoms with Gasteiger partial charge < -0.3 is 4.74 Å². The lowest BCUT2D eigenvalue weighted by atomic mass is 10.2. The molecule has 4 nitrogen and oxygen atoms in total. The number of methoxy groups -OCH3 is 1. The monoisotopic (exact) mass is 419 g/mol. The van der Waals surface area contributed by atoms with Crippen LogP contribution in [-0.2, 0) is 0 Å². The third-order valence-electron chi connectivity index (χ3n) is 4.90. The highest BCUT2D eigenvalue weighted by molar-refractivity contribution is 7.99. The van der Waals surface area contributed by atoms with E-state index in [2.05, 4.69) is 52.9 Å². The number of benzene rings is 3. The van der Waals surface area contributed by atoms with Gasteiger partial charge in [-0.1, -0.05) is 41.6 Å². The molecule has 0 amide bonds. The molecule has 0 bridgehead atoms. The molecule has 6 heteroatoms. The highest BCUT2D eigenvalue weighted by Gasteiger charge is 2.19. The predicted molar refractivity (Wildman–Crippen MR) is 119 cm³/mol. The summed E-state index contributed by atoms with van der Waals surface area (Å²) in [5.41, 5.74) is 4.16. The summed E-state index contributed by atoms with van der Waals surface area (Å²) in [5.74, 6) is 1.32. The molecule has 0 spiro atoms. The second-order valence-electron chi connectivity index (χ2n) is 7.02. The van der Waals surface area contributed by atoms with E-state index >= 15 is 0 Å². The number of halogens is 1. The van der Waals surface area contributed by atoms with Gasteiger partial charge in [-0.25, -0.2) is 4.39 Å². The molecule has 0 saturated carbocycles. The molecule has 0 aliphatic rings. The zero-order valence-electron chi connectivity index (χ0n) is 17.0. The van der Waals surface area contributed by atoms with E-state index in [1.54, 1.807) is 18.9 Å². The first-order valence-electron chi connectivity index (χ1n) is 9.64. The Morgan fingerprint density at radius 2 is 1.57 bits per heavy atom. The van der Waals surface area contributed by atoms with Crippen LogP contribution in [-0.4, -0.2) is 21.9 Å². The zero-order chi connectivity index (χ0) is 21.1. The highest BCUT2D eigenvalue weighted by Crippen LogP contribution is 2.37. The van der Waals surface area contributed by atoms with Crippen molar-refractivity contribution in [2.45, 2.75) is 24.3 Å². The van der Waals surface area contributed by atoms with Gasteiger partial charge in [0, 0.05) is 16.5 Å². The summed E-state index contributed by atoms with van der Waals surface area (Å²) in [6.07, 6.45) is 0. The molecule has 1 heterocycles. The first-order chi connectivity index (χ1) is 14.5. The Labute approximate surface area is 179 Å². The molecule has 0 saturated heterocycles. The lowest BCUT2D eigenvalue weighted by Gasteiger charge is -2.14. The van der Waals surface area contributed by atoms with Crippen molar-refractivity contribution >= 4 is 11.8 Å². The van der Waals surface area contributed by atoms with Crippen molar-refractivity contribution < 1.29 is 9.13 Å². The number of ether oxygens (including phenoxy) is 1. The van der Waals surface area contributed by atoms with Crippen LogP contribution in [0.1, 0.15) is 23.3 Å². The molecule has 152 valence electrons.